The molecule has 0 amide bonds. The zero-order valence-corrected chi connectivity index (χ0v) is 8.52. The number of carbonyl (C=O) groups is 2. The molecule has 2 aliphatic carbocycles. The fourth-order valence-electron chi connectivity index (χ4n) is 3.22. The van der Waals surface area contributed by atoms with E-state index in [9.17, 15) is 9.59 Å². The first-order valence-corrected chi connectivity index (χ1v) is 4.89. The second kappa shape index (κ2) is 2.05. The van der Waals surface area contributed by atoms with Crippen LogP contribution in [-0.2, 0) is 9.59 Å². The topological polar surface area (TPSA) is 34.1 Å². The lowest BCUT2D eigenvalue weighted by molar-refractivity contribution is -0.136. The Balaban J connectivity index is 2.60. The summed E-state index contributed by atoms with van der Waals surface area (Å²) in [5.74, 6) is 0.168. The smallest absolute Gasteiger partial charge is 0.147 e. The van der Waals surface area contributed by atoms with Crippen molar-refractivity contribution in [3.05, 3.63) is 0 Å². The van der Waals surface area contributed by atoms with Gasteiger partial charge in [-0.15, -0.1) is 0 Å². The Bertz CT molecular complexity index is 292. The zero-order chi connectivity index (χ0) is 9.91. The van der Waals surface area contributed by atoms with E-state index in [1.165, 1.54) is 0 Å². The van der Waals surface area contributed by atoms with E-state index >= 15 is 0 Å². The van der Waals surface area contributed by atoms with E-state index < -0.39 is 5.41 Å². The number of ketones is 1. The van der Waals surface area contributed by atoms with Crippen molar-refractivity contribution < 1.29 is 9.59 Å². The molecule has 13 heavy (non-hydrogen) atoms. The second-order valence-corrected chi connectivity index (χ2v) is 5.37. The van der Waals surface area contributed by atoms with Crippen LogP contribution in [0.25, 0.3) is 0 Å². The molecule has 0 aromatic heterocycles. The van der Waals surface area contributed by atoms with Crippen LogP contribution < -0.4 is 0 Å². The summed E-state index contributed by atoms with van der Waals surface area (Å²) in [5, 5.41) is 0. The Morgan fingerprint density at radius 1 is 1.23 bits per heavy atom. The van der Waals surface area contributed by atoms with Crippen molar-refractivity contribution in [3.8, 4) is 0 Å². The van der Waals surface area contributed by atoms with E-state index in [4.69, 9.17) is 0 Å². The maximum atomic E-state index is 11.8. The van der Waals surface area contributed by atoms with Crippen LogP contribution in [0.3, 0.4) is 0 Å². The third kappa shape index (κ3) is 0.673. The van der Waals surface area contributed by atoms with E-state index in [0.29, 0.717) is 6.42 Å². The highest BCUT2D eigenvalue weighted by molar-refractivity contribution is 6.02. The minimum Gasteiger partial charge on any atom is -0.302 e. The monoisotopic (exact) mass is 180 g/mol. The van der Waals surface area contributed by atoms with Crippen molar-refractivity contribution in [1.29, 1.82) is 0 Å². The van der Waals surface area contributed by atoms with Crippen molar-refractivity contribution in [2.75, 3.05) is 0 Å². The summed E-state index contributed by atoms with van der Waals surface area (Å²) in [6.45, 7) is 6.28. The molecule has 0 radical (unpaired) electrons. The maximum Gasteiger partial charge on any atom is 0.147 e. The maximum absolute atomic E-state index is 11.8. The van der Waals surface area contributed by atoms with Gasteiger partial charge in [-0.3, -0.25) is 4.79 Å². The van der Waals surface area contributed by atoms with Gasteiger partial charge in [0.25, 0.3) is 0 Å². The van der Waals surface area contributed by atoms with E-state index in [0.717, 1.165) is 19.1 Å². The highest BCUT2D eigenvalue weighted by Crippen LogP contribution is 2.69. The van der Waals surface area contributed by atoms with Gasteiger partial charge in [-0.25, -0.2) is 0 Å². The van der Waals surface area contributed by atoms with Gasteiger partial charge in [0.1, 0.15) is 12.1 Å². The first kappa shape index (κ1) is 8.92. The van der Waals surface area contributed by atoms with Crippen molar-refractivity contribution in [3.63, 3.8) is 0 Å². The third-order valence-corrected chi connectivity index (χ3v) is 4.94. The van der Waals surface area contributed by atoms with Gasteiger partial charge in [0.15, 0.2) is 0 Å². The normalized spacial score (nSPS) is 46.8. The lowest BCUT2D eigenvalue weighted by Crippen LogP contribution is -2.38. The minimum absolute atomic E-state index is 0.0605. The van der Waals surface area contributed by atoms with Gasteiger partial charge in [0.05, 0.1) is 5.41 Å². The van der Waals surface area contributed by atoms with Gasteiger partial charge in [-0.05, 0) is 23.7 Å². The molecule has 0 aromatic rings. The Morgan fingerprint density at radius 3 is 2.08 bits per heavy atom. The van der Waals surface area contributed by atoms with Crippen molar-refractivity contribution in [1.82, 2.24) is 0 Å². The van der Waals surface area contributed by atoms with Crippen LogP contribution in [-0.4, -0.2) is 12.1 Å². The number of fused-ring (bicyclic) bond motifs is 2. The fraction of sp³-hybridized carbons (Fsp3) is 0.818. The molecule has 0 aromatic carbocycles. The van der Waals surface area contributed by atoms with Crippen LogP contribution in [0.15, 0.2) is 0 Å². The quantitative estimate of drug-likeness (QED) is 0.456. The summed E-state index contributed by atoms with van der Waals surface area (Å²) in [6.07, 6.45) is 3.29. The van der Waals surface area contributed by atoms with E-state index in [1.54, 1.807) is 0 Å². The molecule has 0 spiro atoms. The average molecular weight is 180 g/mol. The molecule has 72 valence electrons. The van der Waals surface area contributed by atoms with Crippen LogP contribution in [0.1, 0.15) is 40.0 Å². The highest BCUT2D eigenvalue weighted by atomic mass is 16.1. The van der Waals surface area contributed by atoms with Crippen LogP contribution in [0.4, 0.5) is 0 Å². The third-order valence-electron chi connectivity index (χ3n) is 4.94. The number of hydrogen-bond donors (Lipinski definition) is 0. The summed E-state index contributed by atoms with van der Waals surface area (Å²) in [6, 6.07) is 0. The largest absolute Gasteiger partial charge is 0.302 e. The molecule has 2 aliphatic rings. The summed E-state index contributed by atoms with van der Waals surface area (Å²) < 4.78 is 0. The lowest BCUT2D eigenvalue weighted by Gasteiger charge is -2.36. The molecule has 0 saturated heterocycles. The van der Waals surface area contributed by atoms with Gasteiger partial charge in [0.2, 0.25) is 0 Å². The van der Waals surface area contributed by atoms with Crippen LogP contribution in [0.5, 0.6) is 0 Å². The second-order valence-electron chi connectivity index (χ2n) is 5.37. The number of Topliss-reactive ketones (excluding diaryl/α,β-unsaturated/α-hetero) is 1. The molecule has 2 nitrogen and oxygen atoms in total. The SMILES string of the molecule is CC12CCC(C=O)(C(=O)C1)C2(C)C. The Labute approximate surface area is 78.7 Å². The molecular formula is C11H16O2. The molecule has 0 heterocycles. The van der Waals surface area contributed by atoms with Crippen LogP contribution in [0.2, 0.25) is 0 Å². The van der Waals surface area contributed by atoms with Crippen molar-refractivity contribution >= 4 is 12.1 Å². The summed E-state index contributed by atoms with van der Waals surface area (Å²) in [5.41, 5.74) is -0.731. The molecule has 2 saturated carbocycles. The summed E-state index contributed by atoms with van der Waals surface area (Å²) >= 11 is 0. The van der Waals surface area contributed by atoms with E-state index in [2.05, 4.69) is 20.8 Å². The molecule has 2 rings (SSSR count). The Kier molecular flexibility index (Phi) is 1.40. The summed E-state index contributed by atoms with van der Waals surface area (Å²) in [7, 11) is 0. The van der Waals surface area contributed by atoms with E-state index in [1.807, 2.05) is 0 Å². The number of hydrogen-bond acceptors (Lipinski definition) is 2. The standard InChI is InChI=1S/C11H16O2/c1-9(2)10(3)4-5-11(9,7-12)8(13)6-10/h7H,4-6H2,1-3H3. The molecular weight excluding hydrogens is 164 g/mol. The van der Waals surface area contributed by atoms with Gasteiger partial charge < -0.3 is 4.79 Å². The van der Waals surface area contributed by atoms with Gasteiger partial charge in [-0.2, -0.15) is 0 Å². The zero-order valence-electron chi connectivity index (χ0n) is 8.52. The Morgan fingerprint density at radius 2 is 1.85 bits per heavy atom. The molecule has 2 atom stereocenters. The Hall–Kier alpha value is -0.660. The molecule has 2 bridgehead atoms. The van der Waals surface area contributed by atoms with Crippen LogP contribution >= 0.6 is 0 Å². The number of rotatable bonds is 1. The predicted molar refractivity (Wildman–Crippen MR) is 49.2 cm³/mol. The van der Waals surface area contributed by atoms with E-state index in [-0.39, 0.29) is 16.6 Å². The van der Waals surface area contributed by atoms with Gasteiger partial charge in [-0.1, -0.05) is 20.8 Å². The predicted octanol–water partition coefficient (Wildman–Crippen LogP) is 1.97. The fourth-order valence-corrected chi connectivity index (χ4v) is 3.22. The molecule has 2 fully saturated rings. The summed E-state index contributed by atoms with van der Waals surface area (Å²) in [4.78, 5) is 22.9. The highest BCUT2D eigenvalue weighted by Gasteiger charge is 2.69. The van der Waals surface area contributed by atoms with Crippen molar-refractivity contribution in [2.24, 2.45) is 16.2 Å². The molecule has 2 heteroatoms. The first-order chi connectivity index (χ1) is 5.90. The lowest BCUT2D eigenvalue weighted by atomic mass is 9.66. The van der Waals surface area contributed by atoms with Gasteiger partial charge in [0, 0.05) is 6.42 Å². The average Bonchev–Trinajstić information content (AvgIpc) is 2.30. The minimum atomic E-state index is -0.651. The first-order valence-electron chi connectivity index (χ1n) is 4.89. The van der Waals surface area contributed by atoms with Gasteiger partial charge >= 0.3 is 0 Å². The van der Waals surface area contributed by atoms with Crippen LogP contribution in [0, 0.1) is 16.2 Å². The number of carbonyl (C=O) groups excluding carboxylic acids is 2. The molecule has 2 unspecified atom stereocenters. The van der Waals surface area contributed by atoms with Crippen molar-refractivity contribution in [2.45, 2.75) is 40.0 Å². The number of aldehydes is 1. The molecule has 0 aliphatic heterocycles. The molecule has 0 N–H and O–H groups in total.